The molecule has 0 radical (unpaired) electrons. The summed E-state index contributed by atoms with van der Waals surface area (Å²) >= 11 is 5.88. The third kappa shape index (κ3) is 26.9. The molecule has 31 nitrogen and oxygen atoms in total. The number of benzene rings is 1. The van der Waals surface area contributed by atoms with Crippen LogP contribution in [0.2, 0.25) is 0 Å². The Labute approximate surface area is 496 Å². The van der Waals surface area contributed by atoms with Crippen molar-refractivity contribution in [2.75, 3.05) is 38.7 Å². The lowest BCUT2D eigenvalue weighted by atomic mass is 10.0. The average molecular weight is 1230 g/mol. The number of hydrogen-bond donors (Lipinski definition) is 18. The van der Waals surface area contributed by atoms with Gasteiger partial charge in [0.2, 0.25) is 47.3 Å². The van der Waals surface area contributed by atoms with Gasteiger partial charge in [0.05, 0.1) is 31.1 Å². The van der Waals surface area contributed by atoms with E-state index in [0.717, 1.165) is 44.6 Å². The smallest absolute Gasteiger partial charge is 0.335 e. The van der Waals surface area contributed by atoms with Crippen molar-refractivity contribution < 1.29 is 83.0 Å². The number of aliphatic imine (C=N–C) groups is 1. The van der Waals surface area contributed by atoms with Crippen LogP contribution in [0.25, 0.3) is 0 Å². The summed E-state index contributed by atoms with van der Waals surface area (Å²) in [4.78, 5) is 156. The Hall–Kier alpha value is -7.55. The van der Waals surface area contributed by atoms with Gasteiger partial charge in [0, 0.05) is 13.0 Å². The third-order valence-corrected chi connectivity index (χ3v) is 13.4. The highest BCUT2D eigenvalue weighted by molar-refractivity contribution is 6.18. The molecule has 0 spiro atoms. The first-order chi connectivity index (χ1) is 40.4. The first kappa shape index (κ1) is 73.6. The second kappa shape index (κ2) is 39.9. The Balaban J connectivity index is 2.81. The van der Waals surface area contributed by atoms with Crippen molar-refractivity contribution >= 4 is 82.7 Å². The number of hydrogen-bond acceptors (Lipinski definition) is 19. The van der Waals surface area contributed by atoms with Crippen LogP contribution in [0.3, 0.4) is 0 Å². The SMILES string of the molecule is C/C=C1\NC(=O)[C@H](Cc2ccccc2)NC(=O)C(CCCN=C(N)N)NC(=O)C(CCN)NC(=O)[C@@H](CCN)NC(=O)C(CO)NC(=O)C(NC(=O)C[C@H](O)CCCCCCCCC)COC(=O)C([C@H](O)CCl)NC(=O)[C@H]([C@H](O)C(=O)O)NC1=O. The van der Waals surface area contributed by atoms with Gasteiger partial charge in [-0.05, 0) is 57.7 Å². The topological polar surface area (TPSA) is 523 Å². The molecule has 9 amide bonds. The summed E-state index contributed by atoms with van der Waals surface area (Å²) in [6.45, 7) is 0.417. The maximum absolute atomic E-state index is 14.3. The van der Waals surface area contributed by atoms with Gasteiger partial charge >= 0.3 is 11.9 Å². The number of carboxylic acids is 1. The average Bonchev–Trinajstić information content (AvgIpc) is 3.67. The number of nitrogens with zero attached hydrogens (tertiary/aromatic N) is 1. The number of cyclic esters (lactones) is 1. The maximum atomic E-state index is 14.3. The molecule has 1 aliphatic heterocycles. The van der Waals surface area contributed by atoms with Crippen LogP contribution in [0.1, 0.15) is 103 Å². The van der Waals surface area contributed by atoms with Crippen LogP contribution in [0.5, 0.6) is 0 Å². The van der Waals surface area contributed by atoms with Gasteiger partial charge in [-0.15, -0.1) is 11.6 Å². The van der Waals surface area contributed by atoms with Gasteiger partial charge in [-0.2, -0.15) is 0 Å². The Kier molecular flexibility index (Phi) is 34.5. The minimum Gasteiger partial charge on any atom is -0.479 e. The van der Waals surface area contributed by atoms with Crippen molar-refractivity contribution in [3.8, 4) is 0 Å². The Morgan fingerprint density at radius 1 is 0.706 bits per heavy atom. The number of aliphatic hydroxyl groups is 4. The number of alkyl halides is 1. The van der Waals surface area contributed by atoms with E-state index in [1.165, 1.54) is 6.92 Å². The molecule has 1 aromatic rings. The van der Waals surface area contributed by atoms with Gasteiger partial charge in [-0.1, -0.05) is 88.3 Å². The van der Waals surface area contributed by atoms with Crippen molar-refractivity contribution in [2.45, 2.75) is 170 Å². The van der Waals surface area contributed by atoms with Crippen molar-refractivity contribution in [1.29, 1.82) is 0 Å². The molecule has 2 rings (SSSR count). The number of halogens is 1. The molecule has 0 aromatic heterocycles. The van der Waals surface area contributed by atoms with Crippen molar-refractivity contribution in [2.24, 2.45) is 27.9 Å². The number of unbranched alkanes of at least 4 members (excludes halogenated alkanes) is 6. The number of allylic oxidation sites excluding steroid dienone is 1. The van der Waals surface area contributed by atoms with Crippen LogP contribution < -0.4 is 70.8 Å². The minimum absolute atomic E-state index is 0.0368. The fourth-order valence-corrected chi connectivity index (χ4v) is 8.55. The monoisotopic (exact) mass is 1220 g/mol. The van der Waals surface area contributed by atoms with E-state index in [4.69, 9.17) is 39.3 Å². The Morgan fingerprint density at radius 2 is 1.25 bits per heavy atom. The van der Waals surface area contributed by atoms with Crippen LogP contribution in [0.15, 0.2) is 47.1 Å². The molecule has 0 saturated carbocycles. The second-order valence-corrected chi connectivity index (χ2v) is 20.2. The number of esters is 1. The van der Waals surface area contributed by atoms with Gasteiger partial charge < -0.3 is 101 Å². The van der Waals surface area contributed by atoms with Gasteiger partial charge in [0.15, 0.2) is 18.1 Å². The highest BCUT2D eigenvalue weighted by Crippen LogP contribution is 2.13. The summed E-state index contributed by atoms with van der Waals surface area (Å²) in [6.07, 6.45) is -0.182. The molecule has 1 aliphatic rings. The van der Waals surface area contributed by atoms with E-state index in [1.54, 1.807) is 30.3 Å². The fraction of sp³-hybridized carbons (Fsp3) is 0.623. The van der Waals surface area contributed by atoms with E-state index in [0.29, 0.717) is 12.0 Å². The lowest BCUT2D eigenvalue weighted by molar-refractivity contribution is -0.155. The number of carboxylic acid groups (broad SMARTS) is 1. The largest absolute Gasteiger partial charge is 0.479 e. The van der Waals surface area contributed by atoms with Crippen molar-refractivity contribution in [3.63, 3.8) is 0 Å². The first-order valence-corrected chi connectivity index (χ1v) is 28.5. The second-order valence-electron chi connectivity index (χ2n) is 19.9. The highest BCUT2D eigenvalue weighted by Gasteiger charge is 2.40. The van der Waals surface area contributed by atoms with E-state index in [1.807, 2.05) is 10.6 Å². The Bertz CT molecular complexity index is 2440. The summed E-state index contributed by atoms with van der Waals surface area (Å²) in [6, 6.07) is -6.93. The van der Waals surface area contributed by atoms with Crippen LogP contribution in [0.4, 0.5) is 0 Å². The molecular weight excluding hydrogens is 1140 g/mol. The number of nitrogens with one attached hydrogen (secondary N) is 9. The molecular formula is C53H85ClN14O17. The van der Waals surface area contributed by atoms with Crippen LogP contribution in [-0.2, 0) is 63.9 Å². The Morgan fingerprint density at radius 3 is 1.78 bits per heavy atom. The van der Waals surface area contributed by atoms with Gasteiger partial charge in [0.1, 0.15) is 54.6 Å². The molecule has 1 aromatic carbocycles. The maximum Gasteiger partial charge on any atom is 0.335 e. The molecule has 5 unspecified atom stereocenters. The zero-order valence-electron chi connectivity index (χ0n) is 47.7. The quantitative estimate of drug-likeness (QED) is 0.0103. The molecule has 1 saturated heterocycles. The van der Waals surface area contributed by atoms with E-state index in [9.17, 15) is 78.3 Å². The van der Waals surface area contributed by atoms with Gasteiger partial charge in [-0.25, -0.2) is 9.59 Å². The summed E-state index contributed by atoms with van der Waals surface area (Å²) in [5.41, 5.74) is 22.4. The number of nitrogens with two attached hydrogens (primary N) is 4. The number of aliphatic hydroxyl groups excluding tert-OH is 4. The zero-order valence-corrected chi connectivity index (χ0v) is 48.5. The number of aliphatic carboxylic acids is 1. The van der Waals surface area contributed by atoms with Gasteiger partial charge in [-0.3, -0.25) is 48.1 Å². The molecule has 0 aliphatic carbocycles. The molecule has 0 bridgehead atoms. The number of ether oxygens (including phenoxy) is 1. The van der Waals surface area contributed by atoms with Crippen LogP contribution >= 0.6 is 11.6 Å². The van der Waals surface area contributed by atoms with E-state index < -0.39 is 163 Å². The molecule has 85 heavy (non-hydrogen) atoms. The number of carbonyl (C=O) groups is 11. The summed E-state index contributed by atoms with van der Waals surface area (Å²) in [5.74, 6) is -15.6. The van der Waals surface area contributed by atoms with Crippen LogP contribution in [0, 0.1) is 0 Å². The van der Waals surface area contributed by atoms with E-state index in [-0.39, 0.29) is 64.1 Å². The molecule has 32 heteroatoms. The van der Waals surface area contributed by atoms with Crippen molar-refractivity contribution in [1.82, 2.24) is 47.9 Å². The lowest BCUT2D eigenvalue weighted by Gasteiger charge is -2.28. The summed E-state index contributed by atoms with van der Waals surface area (Å²) < 4.78 is 5.27. The standard InChI is InChI=1S/C53H85ClN14O17/c1-3-5-6-7-8-9-13-17-30(70)25-39(72)60-37-28-85-52(84)40(38(71)26-54)67-50(81)41(42(73)51(82)83)68-43(74)31(4-2)61-47(78)35(24-29-15-11-10-12-16-29)65-44(75)32(18-14-23-59-53(57)58)62-45(76)33(19-21-55)63-46(77)34(20-22-56)64-48(79)36(27-69)66-49(37)80/h4,10-12,15-16,30,32-38,40-42,69-71,73H,3,5-9,13-14,17-28,55-56H2,1-2H3,(H,60,72)(H,61,78)(H,62,76)(H,63,77)(H,64,79)(H,65,75)(H,66,80)(H,67,81)(H,68,74)(H,82,83)(H4,57,58,59)/b31-4-/t30-,32?,33?,34-,35+,36?,37?,38-,40?,41+,42+/m1/s1. The van der Waals surface area contributed by atoms with E-state index in [2.05, 4.69) is 49.1 Å². The number of amides is 9. The normalized spacial score (nSPS) is 23.7. The van der Waals surface area contributed by atoms with Crippen LogP contribution in [-0.4, -0.2) is 202 Å². The fourth-order valence-electron chi connectivity index (χ4n) is 8.38. The number of guanidine groups is 1. The number of rotatable bonds is 26. The lowest BCUT2D eigenvalue weighted by Crippen LogP contribution is -2.62. The van der Waals surface area contributed by atoms with Crippen molar-refractivity contribution in [3.05, 3.63) is 47.7 Å². The molecule has 11 atom stereocenters. The third-order valence-electron chi connectivity index (χ3n) is 13.1. The zero-order chi connectivity index (χ0) is 63.6. The van der Waals surface area contributed by atoms with Gasteiger partial charge in [0.25, 0.3) is 5.91 Å². The predicted molar refractivity (Wildman–Crippen MR) is 306 cm³/mol. The molecule has 1 heterocycles. The number of carbonyl (C=O) groups excluding carboxylic acids is 10. The molecule has 22 N–H and O–H groups in total. The minimum atomic E-state index is -2.81. The molecule has 1 fully saturated rings. The molecule has 476 valence electrons. The predicted octanol–water partition coefficient (Wildman–Crippen LogP) is -5.64. The summed E-state index contributed by atoms with van der Waals surface area (Å²) in [7, 11) is 0. The van der Waals surface area contributed by atoms with E-state index >= 15 is 0 Å². The summed E-state index contributed by atoms with van der Waals surface area (Å²) in [5, 5.41) is 73.2. The highest BCUT2D eigenvalue weighted by atomic mass is 35.5. The first-order valence-electron chi connectivity index (χ1n) is 27.9.